The van der Waals surface area contributed by atoms with Crippen LogP contribution in [0.25, 0.3) is 0 Å². The number of ether oxygens (including phenoxy) is 1. The van der Waals surface area contributed by atoms with Crippen LogP contribution in [0.3, 0.4) is 0 Å². The lowest BCUT2D eigenvalue weighted by Gasteiger charge is -2.10. The maximum atomic E-state index is 12.2. The number of hydrogen-bond acceptors (Lipinski definition) is 5. The first-order valence-electron chi connectivity index (χ1n) is 13.8. The summed E-state index contributed by atoms with van der Waals surface area (Å²) >= 11 is 0. The van der Waals surface area contributed by atoms with E-state index in [-0.39, 0.29) is 29.8 Å². The zero-order valence-corrected chi connectivity index (χ0v) is 24.4. The molecule has 0 saturated carbocycles. The van der Waals surface area contributed by atoms with E-state index in [1.807, 2.05) is 59.7 Å². The van der Waals surface area contributed by atoms with Crippen LogP contribution < -0.4 is 10.1 Å². The summed E-state index contributed by atoms with van der Waals surface area (Å²) in [4.78, 5) is 45.5. The van der Waals surface area contributed by atoms with E-state index in [1.54, 1.807) is 31.4 Å². The Hall–Kier alpha value is -3.28. The van der Waals surface area contributed by atoms with Gasteiger partial charge in [0, 0.05) is 36.4 Å². The highest BCUT2D eigenvalue weighted by Crippen LogP contribution is 2.18. The third kappa shape index (κ3) is 13.9. The summed E-state index contributed by atoms with van der Waals surface area (Å²) in [5.74, 6) is 1.16. The summed E-state index contributed by atoms with van der Waals surface area (Å²) in [5, 5.41) is 2.88. The number of aldehydes is 1. The van der Waals surface area contributed by atoms with Crippen LogP contribution in [-0.2, 0) is 27.2 Å². The molecule has 2 aromatic carbocycles. The van der Waals surface area contributed by atoms with Crippen molar-refractivity contribution in [2.24, 2.45) is 5.92 Å². The largest absolute Gasteiger partial charge is 0.497 e. The summed E-state index contributed by atoms with van der Waals surface area (Å²) in [6.07, 6.45) is 6.20. The van der Waals surface area contributed by atoms with E-state index in [0.717, 1.165) is 53.7 Å². The molecular weight excluding hydrogens is 478 g/mol. The van der Waals surface area contributed by atoms with Gasteiger partial charge in [-0.1, -0.05) is 59.7 Å². The first kappa shape index (κ1) is 34.7. The van der Waals surface area contributed by atoms with Crippen LogP contribution in [0.1, 0.15) is 102 Å². The minimum atomic E-state index is -0.0835. The second-order valence-corrected chi connectivity index (χ2v) is 8.91. The second kappa shape index (κ2) is 20.7. The predicted molar refractivity (Wildman–Crippen MR) is 156 cm³/mol. The minimum absolute atomic E-state index is 0.0378. The SMILES string of the molecule is CC.CCCC(=O)CCC(C)C=O.CCCC(=O)c1ccc(CC(=O)Nc2ccc(OC)cc2)cc1CC. The van der Waals surface area contributed by atoms with Crippen LogP contribution >= 0.6 is 0 Å². The van der Waals surface area contributed by atoms with Gasteiger partial charge in [0.1, 0.15) is 17.8 Å². The Bertz CT molecular complexity index is 982. The maximum Gasteiger partial charge on any atom is 0.228 e. The maximum absolute atomic E-state index is 12.2. The topological polar surface area (TPSA) is 89.5 Å². The molecule has 1 N–H and O–H groups in total. The van der Waals surface area contributed by atoms with E-state index < -0.39 is 0 Å². The number of nitrogens with one attached hydrogen (secondary N) is 1. The van der Waals surface area contributed by atoms with Crippen molar-refractivity contribution in [3.05, 3.63) is 59.2 Å². The van der Waals surface area contributed by atoms with Crippen LogP contribution in [0.5, 0.6) is 5.75 Å². The van der Waals surface area contributed by atoms with Gasteiger partial charge in [0.05, 0.1) is 13.5 Å². The van der Waals surface area contributed by atoms with Crippen LogP contribution in [-0.4, -0.2) is 30.9 Å². The van der Waals surface area contributed by atoms with E-state index in [9.17, 15) is 19.2 Å². The molecule has 1 unspecified atom stereocenters. The summed E-state index contributed by atoms with van der Waals surface area (Å²) in [7, 11) is 1.60. The highest BCUT2D eigenvalue weighted by molar-refractivity contribution is 5.98. The van der Waals surface area contributed by atoms with Crippen molar-refractivity contribution in [2.75, 3.05) is 12.4 Å². The van der Waals surface area contributed by atoms with E-state index in [0.29, 0.717) is 25.7 Å². The van der Waals surface area contributed by atoms with Crippen molar-refractivity contribution in [2.45, 2.75) is 92.9 Å². The number of aryl methyl sites for hydroxylation is 1. The molecule has 0 aliphatic rings. The standard InChI is InChI=1S/C21H25NO3.C9H16O2.C2H6/c1-4-6-20(23)19-12-7-15(13-16(19)5-2)14-21(24)22-17-8-10-18(25-3)11-9-17;1-3-4-9(11)6-5-8(2)7-10;1-2/h7-13H,4-6,14H2,1-3H3,(H,22,24);7-8H,3-6H2,1-2H3;1-2H3. The summed E-state index contributed by atoms with van der Waals surface area (Å²) in [5.41, 5.74) is 3.43. The Labute approximate surface area is 229 Å². The van der Waals surface area contributed by atoms with E-state index in [4.69, 9.17) is 4.74 Å². The fourth-order valence-corrected chi connectivity index (χ4v) is 3.61. The number of carbonyl (C=O) groups is 4. The number of anilines is 1. The quantitative estimate of drug-likeness (QED) is 0.205. The number of benzene rings is 2. The Balaban J connectivity index is 0.000000887. The van der Waals surface area contributed by atoms with Gasteiger partial charge in [-0.25, -0.2) is 0 Å². The number of rotatable bonds is 14. The summed E-state index contributed by atoms with van der Waals surface area (Å²) in [6.45, 7) is 11.9. The van der Waals surface area contributed by atoms with Gasteiger partial charge < -0.3 is 14.8 Å². The molecule has 0 aliphatic carbocycles. The second-order valence-electron chi connectivity index (χ2n) is 8.91. The van der Waals surface area contributed by atoms with Gasteiger partial charge in [-0.2, -0.15) is 0 Å². The van der Waals surface area contributed by atoms with Crippen molar-refractivity contribution in [3.8, 4) is 5.75 Å². The molecule has 0 aliphatic heterocycles. The zero-order valence-electron chi connectivity index (χ0n) is 24.4. The average molecular weight is 526 g/mol. The lowest BCUT2D eigenvalue weighted by molar-refractivity contribution is -0.119. The van der Waals surface area contributed by atoms with Gasteiger partial charge in [-0.3, -0.25) is 14.4 Å². The predicted octanol–water partition coefficient (Wildman–Crippen LogP) is 7.42. The van der Waals surface area contributed by atoms with Crippen LogP contribution in [0.15, 0.2) is 42.5 Å². The molecule has 1 amide bonds. The average Bonchev–Trinajstić information content (AvgIpc) is 2.93. The Morgan fingerprint density at radius 3 is 2.08 bits per heavy atom. The smallest absolute Gasteiger partial charge is 0.228 e. The normalized spacial score (nSPS) is 10.6. The fourth-order valence-electron chi connectivity index (χ4n) is 3.61. The summed E-state index contributed by atoms with van der Waals surface area (Å²) < 4.78 is 5.10. The molecule has 1 atom stereocenters. The fraction of sp³-hybridized carbons (Fsp3) is 0.500. The van der Waals surface area contributed by atoms with Gasteiger partial charge >= 0.3 is 0 Å². The minimum Gasteiger partial charge on any atom is -0.497 e. The number of ketones is 2. The molecule has 6 heteroatoms. The molecule has 0 heterocycles. The third-order valence-electron chi connectivity index (χ3n) is 5.71. The molecule has 38 heavy (non-hydrogen) atoms. The van der Waals surface area contributed by atoms with E-state index >= 15 is 0 Å². The lowest BCUT2D eigenvalue weighted by Crippen LogP contribution is -2.15. The molecule has 0 aromatic heterocycles. The third-order valence-corrected chi connectivity index (χ3v) is 5.71. The molecule has 2 rings (SSSR count). The number of amides is 1. The van der Waals surface area contributed by atoms with Gasteiger partial charge in [-0.05, 0) is 61.1 Å². The molecule has 0 fully saturated rings. The van der Waals surface area contributed by atoms with Gasteiger partial charge in [0.15, 0.2) is 5.78 Å². The molecule has 6 nitrogen and oxygen atoms in total. The van der Waals surface area contributed by atoms with E-state index in [1.165, 1.54) is 0 Å². The van der Waals surface area contributed by atoms with Crippen LogP contribution in [0.4, 0.5) is 5.69 Å². The first-order chi connectivity index (χ1) is 18.3. The molecule has 0 saturated heterocycles. The van der Waals surface area contributed by atoms with Gasteiger partial charge in [-0.15, -0.1) is 0 Å². The van der Waals surface area contributed by atoms with Crippen molar-refractivity contribution >= 4 is 29.4 Å². The van der Waals surface area contributed by atoms with Gasteiger partial charge in [0.25, 0.3) is 0 Å². The number of Topliss-reactive ketones (excluding diaryl/α,β-unsaturated/α-hetero) is 2. The van der Waals surface area contributed by atoms with E-state index in [2.05, 4.69) is 5.32 Å². The van der Waals surface area contributed by atoms with Crippen molar-refractivity contribution in [1.82, 2.24) is 0 Å². The zero-order chi connectivity index (χ0) is 28.9. The highest BCUT2D eigenvalue weighted by atomic mass is 16.5. The number of hydrogen-bond donors (Lipinski definition) is 1. The number of methoxy groups -OCH3 is 1. The van der Waals surface area contributed by atoms with Crippen LogP contribution in [0, 0.1) is 5.92 Å². The molecule has 210 valence electrons. The monoisotopic (exact) mass is 525 g/mol. The highest BCUT2D eigenvalue weighted by Gasteiger charge is 2.12. The van der Waals surface area contributed by atoms with Crippen molar-refractivity contribution in [1.29, 1.82) is 0 Å². The molecule has 0 bridgehead atoms. The number of carbonyl (C=O) groups excluding carboxylic acids is 4. The Morgan fingerprint density at radius 2 is 1.55 bits per heavy atom. The molecule has 0 radical (unpaired) electrons. The van der Waals surface area contributed by atoms with Crippen LogP contribution in [0.2, 0.25) is 0 Å². The summed E-state index contributed by atoms with van der Waals surface area (Å²) in [6, 6.07) is 12.9. The molecule has 0 spiro atoms. The molecule has 2 aromatic rings. The Kier molecular flexibility index (Phi) is 19.0. The van der Waals surface area contributed by atoms with Crippen molar-refractivity contribution < 1.29 is 23.9 Å². The van der Waals surface area contributed by atoms with Gasteiger partial charge in [0.2, 0.25) is 5.91 Å². The lowest BCUT2D eigenvalue weighted by atomic mass is 9.96. The van der Waals surface area contributed by atoms with Crippen molar-refractivity contribution in [3.63, 3.8) is 0 Å². The Morgan fingerprint density at radius 1 is 0.921 bits per heavy atom. The molecular formula is C32H47NO5. The first-order valence-corrected chi connectivity index (χ1v) is 13.8.